The minimum absolute atomic E-state index is 0.167. The monoisotopic (exact) mass is 310 g/mol. The van der Waals surface area contributed by atoms with Crippen LogP contribution in [0.5, 0.6) is 0 Å². The molecule has 0 aromatic heterocycles. The van der Waals surface area contributed by atoms with E-state index in [0.717, 1.165) is 39.1 Å². The highest BCUT2D eigenvalue weighted by atomic mass is 16.2. The molecule has 0 aromatic rings. The van der Waals surface area contributed by atoms with Crippen molar-refractivity contribution in [3.63, 3.8) is 0 Å². The molecular weight excluding hydrogens is 272 g/mol. The average Bonchev–Trinajstić information content (AvgIpc) is 2.54. The van der Waals surface area contributed by atoms with E-state index in [1.807, 2.05) is 4.90 Å². The predicted octanol–water partition coefficient (Wildman–Crippen LogP) is 4.48. The second-order valence-corrected chi connectivity index (χ2v) is 5.90. The van der Waals surface area contributed by atoms with Crippen molar-refractivity contribution in [3.05, 3.63) is 12.2 Å². The second-order valence-electron chi connectivity index (χ2n) is 5.90. The zero-order valence-corrected chi connectivity index (χ0v) is 15.4. The van der Waals surface area contributed by atoms with Crippen molar-refractivity contribution in [2.75, 3.05) is 32.7 Å². The van der Waals surface area contributed by atoms with Crippen molar-refractivity contribution in [1.82, 2.24) is 9.80 Å². The van der Waals surface area contributed by atoms with Crippen molar-refractivity contribution in [1.29, 1.82) is 0 Å². The van der Waals surface area contributed by atoms with Crippen LogP contribution in [0.2, 0.25) is 0 Å². The quantitative estimate of drug-likeness (QED) is 0.349. The van der Waals surface area contributed by atoms with E-state index in [1.54, 1.807) is 6.08 Å². The molecule has 0 spiro atoms. The Hall–Kier alpha value is -0.830. The summed E-state index contributed by atoms with van der Waals surface area (Å²) < 4.78 is 0. The summed E-state index contributed by atoms with van der Waals surface area (Å²) in [5.41, 5.74) is 0. The van der Waals surface area contributed by atoms with Crippen LogP contribution in [-0.2, 0) is 4.79 Å². The van der Waals surface area contributed by atoms with Gasteiger partial charge in [0, 0.05) is 19.6 Å². The summed E-state index contributed by atoms with van der Waals surface area (Å²) in [6.07, 6.45) is 12.7. The molecule has 0 heterocycles. The van der Waals surface area contributed by atoms with Crippen LogP contribution in [0.1, 0.15) is 72.6 Å². The van der Waals surface area contributed by atoms with Gasteiger partial charge in [0.2, 0.25) is 5.91 Å². The molecule has 0 saturated carbocycles. The van der Waals surface area contributed by atoms with Gasteiger partial charge in [-0.1, -0.05) is 59.0 Å². The Kier molecular flexibility index (Phi) is 14.5. The van der Waals surface area contributed by atoms with Crippen LogP contribution in [0.15, 0.2) is 12.2 Å². The molecule has 3 nitrogen and oxygen atoms in total. The van der Waals surface area contributed by atoms with E-state index in [-0.39, 0.29) is 5.91 Å². The van der Waals surface area contributed by atoms with Gasteiger partial charge in [-0.3, -0.25) is 4.79 Å². The van der Waals surface area contributed by atoms with E-state index >= 15 is 0 Å². The first-order valence-electron chi connectivity index (χ1n) is 9.37. The summed E-state index contributed by atoms with van der Waals surface area (Å²) >= 11 is 0. The number of hydrogen-bond donors (Lipinski definition) is 0. The molecule has 0 aliphatic carbocycles. The van der Waals surface area contributed by atoms with Crippen LogP contribution in [0.4, 0.5) is 0 Å². The van der Waals surface area contributed by atoms with Gasteiger partial charge in [-0.15, -0.1) is 0 Å². The van der Waals surface area contributed by atoms with Gasteiger partial charge in [0.1, 0.15) is 0 Å². The summed E-state index contributed by atoms with van der Waals surface area (Å²) in [6, 6.07) is 0. The smallest absolute Gasteiger partial charge is 0.246 e. The number of carbonyl (C=O) groups is 1. The van der Waals surface area contributed by atoms with E-state index in [1.165, 1.54) is 38.5 Å². The molecule has 0 aromatic carbocycles. The maximum absolute atomic E-state index is 12.2. The Bertz CT molecular complexity index is 285. The highest BCUT2D eigenvalue weighted by Crippen LogP contribution is 2.07. The topological polar surface area (TPSA) is 23.6 Å². The lowest BCUT2D eigenvalue weighted by Gasteiger charge is -2.24. The lowest BCUT2D eigenvalue weighted by molar-refractivity contribution is -0.126. The third-order valence-electron chi connectivity index (χ3n) is 4.26. The Morgan fingerprint density at radius 1 is 0.818 bits per heavy atom. The minimum Gasteiger partial charge on any atom is -0.338 e. The first-order valence-corrected chi connectivity index (χ1v) is 9.37. The van der Waals surface area contributed by atoms with Gasteiger partial charge < -0.3 is 9.80 Å². The van der Waals surface area contributed by atoms with Crippen molar-refractivity contribution >= 4 is 5.91 Å². The van der Waals surface area contributed by atoms with Gasteiger partial charge in [0.15, 0.2) is 0 Å². The van der Waals surface area contributed by atoms with Crippen molar-refractivity contribution in [2.45, 2.75) is 72.6 Å². The van der Waals surface area contributed by atoms with Crippen LogP contribution in [0.25, 0.3) is 0 Å². The molecule has 0 atom stereocenters. The van der Waals surface area contributed by atoms with E-state index in [4.69, 9.17) is 0 Å². The molecule has 1 amide bonds. The van der Waals surface area contributed by atoms with Crippen molar-refractivity contribution in [2.24, 2.45) is 0 Å². The van der Waals surface area contributed by atoms with E-state index in [0.29, 0.717) is 0 Å². The number of allylic oxidation sites excluding steroid dienone is 1. The normalized spacial score (nSPS) is 11.5. The standard InChI is InChI=1S/C19H38N2O/c1-5-9-10-11-12-13-14-15-16-19(22)21(8-4)18-17-20(6-2)7-3/h15-16H,5-14,17-18H2,1-4H3/b16-15+. The SMILES string of the molecule is CCCCCCCC/C=C/C(=O)N(CC)CCN(CC)CC. The van der Waals surface area contributed by atoms with E-state index in [9.17, 15) is 4.79 Å². The molecule has 22 heavy (non-hydrogen) atoms. The Balaban J connectivity index is 3.87. The molecule has 0 saturated heterocycles. The Morgan fingerprint density at radius 3 is 2.05 bits per heavy atom. The first-order chi connectivity index (χ1) is 10.7. The predicted molar refractivity (Wildman–Crippen MR) is 97.2 cm³/mol. The number of hydrogen-bond acceptors (Lipinski definition) is 2. The summed E-state index contributed by atoms with van der Waals surface area (Å²) in [6.45, 7) is 13.3. The second kappa shape index (κ2) is 15.1. The number of unbranched alkanes of at least 4 members (excludes halogenated alkanes) is 6. The Morgan fingerprint density at radius 2 is 1.45 bits per heavy atom. The number of carbonyl (C=O) groups excluding carboxylic acids is 1. The fourth-order valence-electron chi connectivity index (χ4n) is 2.56. The molecule has 0 bridgehead atoms. The number of rotatable bonds is 14. The lowest BCUT2D eigenvalue weighted by Crippen LogP contribution is -2.37. The summed E-state index contributed by atoms with van der Waals surface area (Å²) in [5, 5.41) is 0. The largest absolute Gasteiger partial charge is 0.338 e. The zero-order valence-electron chi connectivity index (χ0n) is 15.4. The third-order valence-corrected chi connectivity index (χ3v) is 4.26. The summed E-state index contributed by atoms with van der Waals surface area (Å²) in [7, 11) is 0. The number of amides is 1. The molecule has 0 aliphatic rings. The van der Waals surface area contributed by atoms with Crippen LogP contribution < -0.4 is 0 Å². The van der Waals surface area contributed by atoms with Crippen molar-refractivity contribution < 1.29 is 4.79 Å². The van der Waals surface area contributed by atoms with Crippen LogP contribution in [0.3, 0.4) is 0 Å². The van der Waals surface area contributed by atoms with Gasteiger partial charge in [0.25, 0.3) is 0 Å². The van der Waals surface area contributed by atoms with Gasteiger partial charge in [0.05, 0.1) is 0 Å². The highest BCUT2D eigenvalue weighted by molar-refractivity contribution is 5.87. The molecule has 0 radical (unpaired) electrons. The summed E-state index contributed by atoms with van der Waals surface area (Å²) in [4.78, 5) is 16.5. The molecule has 0 rings (SSSR count). The van der Waals surface area contributed by atoms with Gasteiger partial charge in [-0.25, -0.2) is 0 Å². The van der Waals surface area contributed by atoms with E-state index < -0.39 is 0 Å². The fourth-order valence-corrected chi connectivity index (χ4v) is 2.56. The van der Waals surface area contributed by atoms with Crippen LogP contribution >= 0.6 is 0 Å². The third kappa shape index (κ3) is 10.8. The summed E-state index contributed by atoms with van der Waals surface area (Å²) in [5.74, 6) is 0.167. The van der Waals surface area contributed by atoms with E-state index in [2.05, 4.69) is 38.7 Å². The number of likely N-dealkylation sites (N-methyl/N-ethyl adjacent to an activating group) is 2. The lowest BCUT2D eigenvalue weighted by atomic mass is 10.1. The van der Waals surface area contributed by atoms with Gasteiger partial charge in [-0.05, 0) is 38.9 Å². The molecule has 0 aliphatic heterocycles. The molecular formula is C19H38N2O. The maximum Gasteiger partial charge on any atom is 0.246 e. The maximum atomic E-state index is 12.2. The van der Waals surface area contributed by atoms with Crippen molar-refractivity contribution in [3.8, 4) is 0 Å². The van der Waals surface area contributed by atoms with Crippen LogP contribution in [-0.4, -0.2) is 48.4 Å². The molecule has 0 N–H and O–H groups in total. The highest BCUT2D eigenvalue weighted by Gasteiger charge is 2.09. The fraction of sp³-hybridized carbons (Fsp3) is 0.842. The average molecular weight is 311 g/mol. The van der Waals surface area contributed by atoms with Crippen LogP contribution in [0, 0.1) is 0 Å². The van der Waals surface area contributed by atoms with Gasteiger partial charge >= 0.3 is 0 Å². The molecule has 130 valence electrons. The molecule has 0 unspecified atom stereocenters. The zero-order chi connectivity index (χ0) is 16.6. The molecule has 0 fully saturated rings. The number of nitrogens with zero attached hydrogens (tertiary/aromatic N) is 2. The Labute approximate surface area is 138 Å². The van der Waals surface area contributed by atoms with Gasteiger partial charge in [-0.2, -0.15) is 0 Å². The first kappa shape index (κ1) is 21.2. The minimum atomic E-state index is 0.167. The molecule has 3 heteroatoms.